The molecule has 0 aliphatic heterocycles. The second-order valence-corrected chi connectivity index (χ2v) is 3.33. The Morgan fingerprint density at radius 2 is 2.24 bits per heavy atom. The summed E-state index contributed by atoms with van der Waals surface area (Å²) in [4.78, 5) is 14.6. The van der Waals surface area contributed by atoms with Crippen LogP contribution < -0.4 is 5.32 Å². The third kappa shape index (κ3) is 5.28. The number of aromatic carboxylic acids is 1. The minimum Gasteiger partial charge on any atom is -0.477 e. The van der Waals surface area contributed by atoms with E-state index < -0.39 is 5.97 Å². The molecule has 0 aliphatic carbocycles. The highest BCUT2D eigenvalue weighted by atomic mass is 16.5. The molecule has 1 aromatic heterocycles. The summed E-state index contributed by atoms with van der Waals surface area (Å²) in [6, 6.07) is 4.79. The number of nitrogens with zero attached hydrogens (tertiary/aromatic N) is 1. The Morgan fingerprint density at radius 3 is 2.94 bits per heavy atom. The van der Waals surface area contributed by atoms with E-state index >= 15 is 0 Å². The van der Waals surface area contributed by atoms with Crippen molar-refractivity contribution in [1.29, 1.82) is 0 Å². The molecule has 17 heavy (non-hydrogen) atoms. The van der Waals surface area contributed by atoms with Gasteiger partial charge in [0.25, 0.3) is 0 Å². The van der Waals surface area contributed by atoms with Crippen molar-refractivity contribution in [3.8, 4) is 0 Å². The Bertz CT molecular complexity index is 357. The lowest BCUT2D eigenvalue weighted by atomic mass is 10.3. The van der Waals surface area contributed by atoms with Crippen molar-refractivity contribution in [2.45, 2.75) is 6.42 Å². The molecule has 1 rings (SSSR count). The molecule has 3 N–H and O–H groups in total. The highest BCUT2D eigenvalue weighted by molar-refractivity contribution is 5.85. The minimum absolute atomic E-state index is 0.0199. The van der Waals surface area contributed by atoms with Gasteiger partial charge in [0.1, 0.15) is 5.82 Å². The van der Waals surface area contributed by atoms with Crippen LogP contribution in [0.5, 0.6) is 0 Å². The first-order valence-electron chi connectivity index (χ1n) is 5.37. The van der Waals surface area contributed by atoms with Gasteiger partial charge in [0.2, 0.25) is 0 Å². The number of anilines is 1. The van der Waals surface area contributed by atoms with Crippen LogP contribution in [0.4, 0.5) is 5.82 Å². The van der Waals surface area contributed by atoms with E-state index in [1.807, 2.05) is 0 Å². The van der Waals surface area contributed by atoms with Crippen molar-refractivity contribution < 1.29 is 19.7 Å². The maximum atomic E-state index is 10.7. The van der Waals surface area contributed by atoms with E-state index in [2.05, 4.69) is 10.3 Å². The summed E-state index contributed by atoms with van der Waals surface area (Å²) in [7, 11) is 0. The molecule has 94 valence electrons. The molecule has 0 saturated carbocycles. The monoisotopic (exact) mass is 240 g/mol. The third-order valence-corrected chi connectivity index (χ3v) is 1.98. The summed E-state index contributed by atoms with van der Waals surface area (Å²) in [5, 5.41) is 20.2. The Morgan fingerprint density at radius 1 is 1.41 bits per heavy atom. The lowest BCUT2D eigenvalue weighted by molar-refractivity contribution is 0.0690. The summed E-state index contributed by atoms with van der Waals surface area (Å²) in [5.41, 5.74) is 0.0199. The molecular formula is C11H16N2O4. The molecule has 0 amide bonds. The Hall–Kier alpha value is -1.66. The van der Waals surface area contributed by atoms with Crippen LogP contribution in [0.3, 0.4) is 0 Å². The average molecular weight is 240 g/mol. The molecule has 0 saturated heterocycles. The van der Waals surface area contributed by atoms with Gasteiger partial charge in [-0.15, -0.1) is 0 Å². The molecule has 0 atom stereocenters. The lowest BCUT2D eigenvalue weighted by Crippen LogP contribution is -2.09. The van der Waals surface area contributed by atoms with Crippen molar-refractivity contribution in [1.82, 2.24) is 4.98 Å². The number of rotatable bonds is 8. The number of ether oxygens (including phenoxy) is 1. The predicted molar refractivity (Wildman–Crippen MR) is 62.2 cm³/mol. The fraction of sp³-hybridized carbons (Fsp3) is 0.455. The van der Waals surface area contributed by atoms with Gasteiger partial charge in [0, 0.05) is 13.2 Å². The number of aromatic nitrogens is 1. The number of aliphatic hydroxyl groups excluding tert-OH is 1. The molecule has 0 aromatic carbocycles. The molecule has 0 bridgehead atoms. The molecule has 6 heteroatoms. The highest BCUT2D eigenvalue weighted by Gasteiger charge is 2.04. The van der Waals surface area contributed by atoms with Gasteiger partial charge in [-0.3, -0.25) is 0 Å². The lowest BCUT2D eigenvalue weighted by Gasteiger charge is -2.06. The van der Waals surface area contributed by atoms with E-state index in [1.54, 1.807) is 12.1 Å². The molecule has 6 nitrogen and oxygen atoms in total. The third-order valence-electron chi connectivity index (χ3n) is 1.98. The molecule has 1 aromatic rings. The standard InChI is InChI=1S/C11H16N2O4/c14-6-8-17-7-2-5-12-10-4-1-3-9(13-10)11(15)16/h1,3-4,14H,2,5-8H2,(H,12,13)(H,15,16). The summed E-state index contributed by atoms with van der Waals surface area (Å²) in [5.74, 6) is -0.507. The van der Waals surface area contributed by atoms with Gasteiger partial charge in [0.05, 0.1) is 13.2 Å². The quantitative estimate of drug-likeness (QED) is 0.576. The van der Waals surface area contributed by atoms with Crippen molar-refractivity contribution in [3.63, 3.8) is 0 Å². The summed E-state index contributed by atoms with van der Waals surface area (Å²) < 4.78 is 5.08. The molecule has 0 spiro atoms. The first kappa shape index (κ1) is 13.4. The predicted octanol–water partition coefficient (Wildman–Crippen LogP) is 0.591. The van der Waals surface area contributed by atoms with Crippen molar-refractivity contribution in [3.05, 3.63) is 23.9 Å². The van der Waals surface area contributed by atoms with E-state index in [0.29, 0.717) is 25.6 Å². The topological polar surface area (TPSA) is 91.7 Å². The number of hydrogen-bond donors (Lipinski definition) is 3. The number of pyridine rings is 1. The Balaban J connectivity index is 2.27. The first-order valence-corrected chi connectivity index (χ1v) is 5.37. The van der Waals surface area contributed by atoms with Gasteiger partial charge in [0.15, 0.2) is 5.69 Å². The fourth-order valence-corrected chi connectivity index (χ4v) is 1.21. The first-order chi connectivity index (χ1) is 8.24. The molecule has 0 unspecified atom stereocenters. The van der Waals surface area contributed by atoms with Crippen LogP contribution in [-0.2, 0) is 4.74 Å². The maximum Gasteiger partial charge on any atom is 0.354 e. The minimum atomic E-state index is -1.04. The number of carbonyl (C=O) groups is 1. The van der Waals surface area contributed by atoms with Crippen LogP contribution in [-0.4, -0.2) is 47.5 Å². The van der Waals surface area contributed by atoms with Crippen LogP contribution in [0.15, 0.2) is 18.2 Å². The van der Waals surface area contributed by atoms with E-state index in [-0.39, 0.29) is 12.3 Å². The van der Waals surface area contributed by atoms with Crippen LogP contribution in [0.25, 0.3) is 0 Å². The van der Waals surface area contributed by atoms with E-state index in [4.69, 9.17) is 14.9 Å². The van der Waals surface area contributed by atoms with Crippen molar-refractivity contribution >= 4 is 11.8 Å². The van der Waals surface area contributed by atoms with Crippen LogP contribution in [0, 0.1) is 0 Å². The summed E-state index contributed by atoms with van der Waals surface area (Å²) >= 11 is 0. The largest absolute Gasteiger partial charge is 0.477 e. The Kier molecular flexibility index (Phi) is 5.98. The van der Waals surface area contributed by atoms with E-state index in [0.717, 1.165) is 6.42 Å². The van der Waals surface area contributed by atoms with Gasteiger partial charge in [-0.1, -0.05) is 6.07 Å². The molecular weight excluding hydrogens is 224 g/mol. The van der Waals surface area contributed by atoms with Gasteiger partial charge in [-0.25, -0.2) is 9.78 Å². The molecule has 0 aliphatic rings. The molecule has 1 heterocycles. The zero-order chi connectivity index (χ0) is 12.5. The smallest absolute Gasteiger partial charge is 0.354 e. The summed E-state index contributed by atoms with van der Waals surface area (Å²) in [6.45, 7) is 1.55. The number of carboxylic acid groups (broad SMARTS) is 1. The van der Waals surface area contributed by atoms with E-state index in [1.165, 1.54) is 6.07 Å². The maximum absolute atomic E-state index is 10.7. The second kappa shape index (κ2) is 7.59. The number of hydrogen-bond acceptors (Lipinski definition) is 5. The highest BCUT2D eigenvalue weighted by Crippen LogP contribution is 2.04. The fourth-order valence-electron chi connectivity index (χ4n) is 1.21. The number of aliphatic hydroxyl groups is 1. The van der Waals surface area contributed by atoms with Gasteiger partial charge in [-0.05, 0) is 18.6 Å². The van der Waals surface area contributed by atoms with Crippen LogP contribution >= 0.6 is 0 Å². The van der Waals surface area contributed by atoms with Gasteiger partial charge >= 0.3 is 5.97 Å². The molecule has 0 fully saturated rings. The van der Waals surface area contributed by atoms with E-state index in [9.17, 15) is 4.79 Å². The van der Waals surface area contributed by atoms with Crippen molar-refractivity contribution in [2.24, 2.45) is 0 Å². The zero-order valence-corrected chi connectivity index (χ0v) is 9.43. The zero-order valence-electron chi connectivity index (χ0n) is 9.43. The van der Waals surface area contributed by atoms with Gasteiger partial charge < -0.3 is 20.3 Å². The number of carboxylic acids is 1. The van der Waals surface area contributed by atoms with Crippen LogP contribution in [0.1, 0.15) is 16.9 Å². The van der Waals surface area contributed by atoms with Gasteiger partial charge in [-0.2, -0.15) is 0 Å². The summed E-state index contributed by atoms with van der Waals surface area (Å²) in [6.07, 6.45) is 0.763. The normalized spacial score (nSPS) is 10.2. The second-order valence-electron chi connectivity index (χ2n) is 3.33. The number of nitrogens with one attached hydrogen (secondary N) is 1. The Labute approximate surface area is 99.3 Å². The SMILES string of the molecule is O=C(O)c1cccc(NCCCOCCO)n1. The average Bonchev–Trinajstić information content (AvgIpc) is 2.34. The van der Waals surface area contributed by atoms with Crippen LogP contribution in [0.2, 0.25) is 0 Å². The van der Waals surface area contributed by atoms with Crippen molar-refractivity contribution in [2.75, 3.05) is 31.7 Å². The molecule has 0 radical (unpaired) electrons.